The van der Waals surface area contributed by atoms with Gasteiger partial charge in [0.25, 0.3) is 0 Å². The summed E-state index contributed by atoms with van der Waals surface area (Å²) >= 11 is 10.6. The fraction of sp³-hybridized carbons (Fsp3) is 0.474. The maximum Gasteiger partial charge on any atom is 2.00 e. The van der Waals surface area contributed by atoms with Crippen LogP contribution in [0.2, 0.25) is 0 Å². The van der Waals surface area contributed by atoms with Crippen LogP contribution >= 0.6 is 0 Å². The first-order chi connectivity index (χ1) is 13.4. The Labute approximate surface area is 194 Å². The number of hydrogen-bond donors (Lipinski definition) is 0. The third kappa shape index (κ3) is 8.74. The zero-order valence-corrected chi connectivity index (χ0v) is 19.9. The van der Waals surface area contributed by atoms with Gasteiger partial charge in [0.1, 0.15) is 11.5 Å². The molecular weight excluding hydrogens is 459 g/mol. The second-order valence-electron chi connectivity index (χ2n) is 5.75. The Morgan fingerprint density at radius 1 is 0.793 bits per heavy atom. The molecule has 0 atom stereocenters. The predicted molar refractivity (Wildman–Crippen MR) is 121 cm³/mol. The van der Waals surface area contributed by atoms with Crippen LogP contribution in [-0.4, -0.2) is 57.7 Å². The van der Waals surface area contributed by atoms with E-state index in [-0.39, 0.29) is 22.9 Å². The molecule has 1 radical (unpaired) electrons. The molecule has 0 fully saturated rings. The maximum absolute atomic E-state index is 13.3. The van der Waals surface area contributed by atoms with Gasteiger partial charge in [-0.15, -0.1) is 5.10 Å². The molecule has 0 unspecified atom stereocenters. The Kier molecular flexibility index (Phi) is 13.6. The molecule has 0 saturated heterocycles. The van der Waals surface area contributed by atoms with Crippen molar-refractivity contribution in [2.75, 3.05) is 26.2 Å². The first-order valence-corrected chi connectivity index (χ1v) is 10.1. The summed E-state index contributed by atoms with van der Waals surface area (Å²) in [6.45, 7) is 12.7. The molecule has 0 aliphatic carbocycles. The van der Waals surface area contributed by atoms with E-state index < -0.39 is 0 Å². The largest absolute Gasteiger partial charge is 2.00 e. The van der Waals surface area contributed by atoms with Crippen LogP contribution in [0.15, 0.2) is 44.7 Å². The summed E-state index contributed by atoms with van der Waals surface area (Å²) in [5.74, 6) is -0.333. The molecule has 1 aromatic carbocycles. The third-order valence-electron chi connectivity index (χ3n) is 4.05. The number of amidine groups is 2. The van der Waals surface area contributed by atoms with Crippen LogP contribution in [0.3, 0.4) is 0 Å². The zero-order valence-electron chi connectivity index (χ0n) is 17.3. The van der Waals surface area contributed by atoms with E-state index in [2.05, 4.69) is 20.4 Å². The van der Waals surface area contributed by atoms with Crippen molar-refractivity contribution in [3.05, 3.63) is 35.6 Å². The minimum Gasteiger partial charge on any atom is -0.741 e. The molecule has 10 heteroatoms. The van der Waals surface area contributed by atoms with E-state index in [0.29, 0.717) is 27.3 Å². The quantitative estimate of drug-likeness (QED) is 0.186. The van der Waals surface area contributed by atoms with Crippen LogP contribution < -0.4 is 0 Å². The molecule has 29 heavy (non-hydrogen) atoms. The van der Waals surface area contributed by atoms with Gasteiger partial charge in [-0.25, -0.2) is 4.39 Å². The van der Waals surface area contributed by atoms with Crippen molar-refractivity contribution >= 4 is 47.0 Å². The topological polar surface area (TPSA) is 55.9 Å². The molecule has 163 valence electrons. The Hall–Kier alpha value is -1.61. The van der Waals surface area contributed by atoms with Crippen LogP contribution in [0.5, 0.6) is 0 Å². The summed E-state index contributed by atoms with van der Waals surface area (Å²) in [5, 5.41) is 17.6. The van der Waals surface area contributed by atoms with Gasteiger partial charge in [-0.3, -0.25) is 0 Å². The van der Waals surface area contributed by atoms with E-state index in [1.165, 1.54) is 12.1 Å². The van der Waals surface area contributed by atoms with Crippen molar-refractivity contribution in [1.29, 1.82) is 0 Å². The normalized spacial score (nSPS) is 13.2. The molecule has 1 rings (SSSR count). The fourth-order valence-electron chi connectivity index (χ4n) is 2.32. The van der Waals surface area contributed by atoms with Crippen molar-refractivity contribution in [2.45, 2.75) is 34.6 Å². The summed E-state index contributed by atoms with van der Waals surface area (Å²) in [5.41, 5.74) is 1.63. The summed E-state index contributed by atoms with van der Waals surface area (Å²) in [6.07, 6.45) is 0. The van der Waals surface area contributed by atoms with E-state index in [1.54, 1.807) is 19.1 Å². The molecule has 0 heterocycles. The molecule has 0 spiro atoms. The molecule has 1 aromatic rings. The van der Waals surface area contributed by atoms with Crippen LogP contribution in [-0.2, 0) is 42.3 Å². The standard InChI is InChI=1S/C19H29FN6S2.Cu/c1-6-25(7-2)18(27)23-21-14(5)17(15-10-12-16(20)13-11-15)22-24-19(28)26(8-3)9-4;/h10-13H,6-9H2,1-5H3,(H,23,27)(H,24,28);/q;+2/p-2/b21-14+,22-17-;. The van der Waals surface area contributed by atoms with E-state index >= 15 is 0 Å². The zero-order chi connectivity index (χ0) is 21.1. The Morgan fingerprint density at radius 2 is 1.21 bits per heavy atom. The van der Waals surface area contributed by atoms with Crippen LogP contribution in [0.25, 0.3) is 0 Å². The van der Waals surface area contributed by atoms with Crippen molar-refractivity contribution in [2.24, 2.45) is 20.4 Å². The SMILES string of the molecule is CCN(CC)/C([S-])=N/N=C(C)/C(=N/N=C(\[S-])N(CC)CC)c1ccc(F)cc1.[Cu+2]. The summed E-state index contributed by atoms with van der Waals surface area (Å²) in [4.78, 5) is 3.83. The molecule has 0 aromatic heterocycles. The Bertz CT molecular complexity index is 742. The van der Waals surface area contributed by atoms with Crippen LogP contribution in [0, 0.1) is 5.82 Å². The third-order valence-corrected chi connectivity index (χ3v) is 4.73. The number of rotatable bonds is 8. The first-order valence-electron chi connectivity index (χ1n) is 9.25. The van der Waals surface area contributed by atoms with Crippen molar-refractivity contribution in [3.63, 3.8) is 0 Å². The average molecular weight is 486 g/mol. The minimum atomic E-state index is -0.333. The van der Waals surface area contributed by atoms with Crippen molar-refractivity contribution < 1.29 is 21.5 Å². The van der Waals surface area contributed by atoms with Gasteiger partial charge < -0.3 is 35.1 Å². The molecule has 0 amide bonds. The predicted octanol–water partition coefficient (Wildman–Crippen LogP) is 3.39. The van der Waals surface area contributed by atoms with Gasteiger partial charge in [0.05, 0.1) is 5.71 Å². The molecule has 0 saturated carbocycles. The van der Waals surface area contributed by atoms with Crippen molar-refractivity contribution in [3.8, 4) is 0 Å². The molecular formula is C19H27CuFN6S2. The van der Waals surface area contributed by atoms with Gasteiger partial charge in [0.15, 0.2) is 0 Å². The maximum atomic E-state index is 13.3. The second kappa shape index (κ2) is 14.4. The Morgan fingerprint density at radius 3 is 1.62 bits per heavy atom. The monoisotopic (exact) mass is 485 g/mol. The van der Waals surface area contributed by atoms with Gasteiger partial charge in [-0.1, -0.05) is 0 Å². The van der Waals surface area contributed by atoms with Gasteiger partial charge in [-0.2, -0.15) is 15.3 Å². The van der Waals surface area contributed by atoms with Crippen molar-refractivity contribution in [1.82, 2.24) is 9.80 Å². The summed E-state index contributed by atoms with van der Waals surface area (Å²) in [7, 11) is 0. The fourth-order valence-corrected chi connectivity index (χ4v) is 2.92. The van der Waals surface area contributed by atoms with E-state index in [1.807, 2.05) is 37.5 Å². The smallest absolute Gasteiger partial charge is 0.741 e. The van der Waals surface area contributed by atoms with Gasteiger partial charge in [0, 0.05) is 42.1 Å². The summed E-state index contributed by atoms with van der Waals surface area (Å²) in [6, 6.07) is 5.95. The van der Waals surface area contributed by atoms with Crippen LogP contribution in [0.4, 0.5) is 4.39 Å². The number of nitrogens with zero attached hydrogens (tertiary/aromatic N) is 6. The minimum absolute atomic E-state index is 0. The molecule has 0 aliphatic rings. The molecule has 0 aliphatic heterocycles. The van der Waals surface area contributed by atoms with E-state index in [9.17, 15) is 4.39 Å². The van der Waals surface area contributed by atoms with Gasteiger partial charge >= 0.3 is 17.1 Å². The molecule has 0 N–H and O–H groups in total. The first kappa shape index (κ1) is 27.4. The average Bonchev–Trinajstić information content (AvgIpc) is 2.69. The second-order valence-corrected chi connectivity index (χ2v) is 6.48. The number of hydrogen-bond acceptors (Lipinski definition) is 6. The Balaban J connectivity index is 0.00000784. The van der Waals surface area contributed by atoms with Gasteiger partial charge in [0.2, 0.25) is 0 Å². The summed E-state index contributed by atoms with van der Waals surface area (Å²) < 4.78 is 13.3. The number of benzene rings is 1. The van der Waals surface area contributed by atoms with Gasteiger partial charge in [-0.05, 0) is 58.9 Å². The number of halogens is 1. The molecule has 6 nitrogen and oxygen atoms in total. The molecule has 0 bridgehead atoms. The van der Waals surface area contributed by atoms with Crippen LogP contribution in [0.1, 0.15) is 40.2 Å². The van der Waals surface area contributed by atoms with E-state index in [4.69, 9.17) is 25.3 Å². The van der Waals surface area contributed by atoms with E-state index in [0.717, 1.165) is 26.2 Å².